The van der Waals surface area contributed by atoms with Gasteiger partial charge in [0, 0.05) is 0 Å². The number of halogens is 2. The van der Waals surface area contributed by atoms with Gasteiger partial charge in [0.05, 0.1) is 6.04 Å². The predicted molar refractivity (Wildman–Crippen MR) is 60.0 cm³/mol. The molecule has 0 bridgehead atoms. The Bertz CT molecular complexity index is 490. The van der Waals surface area contributed by atoms with E-state index in [1.807, 2.05) is 19.9 Å². The molecule has 0 N–H and O–H groups in total. The first-order valence-electron chi connectivity index (χ1n) is 4.92. The predicted octanol–water partition coefficient (Wildman–Crippen LogP) is 2.99. The Kier molecular flexibility index (Phi) is 2.92. The smallest absolute Gasteiger partial charge is 0.225 e. The van der Waals surface area contributed by atoms with Gasteiger partial charge in [0.25, 0.3) is 0 Å². The van der Waals surface area contributed by atoms with Gasteiger partial charge in [-0.1, -0.05) is 12.1 Å². The minimum Gasteiger partial charge on any atom is -0.295 e. The SMILES string of the molecule is Cc1nnc(Cl)n1C(C)c1cccc(F)c1. The molecule has 0 aliphatic heterocycles. The molecule has 5 heteroatoms. The molecule has 0 amide bonds. The van der Waals surface area contributed by atoms with Crippen LogP contribution >= 0.6 is 11.6 Å². The van der Waals surface area contributed by atoms with Crippen LogP contribution in [0.1, 0.15) is 24.4 Å². The summed E-state index contributed by atoms with van der Waals surface area (Å²) in [5.74, 6) is 0.452. The van der Waals surface area contributed by atoms with E-state index >= 15 is 0 Å². The van der Waals surface area contributed by atoms with E-state index in [-0.39, 0.29) is 11.9 Å². The Morgan fingerprint density at radius 2 is 2.12 bits per heavy atom. The third-order valence-electron chi connectivity index (χ3n) is 2.54. The Morgan fingerprint density at radius 1 is 1.38 bits per heavy atom. The first-order chi connectivity index (χ1) is 7.59. The Labute approximate surface area is 97.9 Å². The van der Waals surface area contributed by atoms with Crippen molar-refractivity contribution in [2.45, 2.75) is 19.9 Å². The highest BCUT2D eigenvalue weighted by Crippen LogP contribution is 2.23. The quantitative estimate of drug-likeness (QED) is 0.807. The van der Waals surface area contributed by atoms with E-state index in [1.165, 1.54) is 12.1 Å². The van der Waals surface area contributed by atoms with Crippen LogP contribution in [0.4, 0.5) is 4.39 Å². The van der Waals surface area contributed by atoms with Crippen LogP contribution in [0.25, 0.3) is 0 Å². The molecule has 2 aromatic rings. The molecule has 3 nitrogen and oxygen atoms in total. The third-order valence-corrected chi connectivity index (χ3v) is 2.80. The van der Waals surface area contributed by atoms with Crippen LogP contribution < -0.4 is 0 Å². The van der Waals surface area contributed by atoms with Gasteiger partial charge >= 0.3 is 0 Å². The zero-order valence-electron chi connectivity index (χ0n) is 8.98. The fraction of sp³-hybridized carbons (Fsp3) is 0.273. The van der Waals surface area contributed by atoms with Gasteiger partial charge in [-0.25, -0.2) is 4.39 Å². The summed E-state index contributed by atoms with van der Waals surface area (Å²) in [6.45, 7) is 3.74. The van der Waals surface area contributed by atoms with E-state index in [0.29, 0.717) is 11.1 Å². The van der Waals surface area contributed by atoms with Crippen LogP contribution in [0.3, 0.4) is 0 Å². The van der Waals surface area contributed by atoms with Gasteiger partial charge in [0.2, 0.25) is 5.28 Å². The molecule has 84 valence electrons. The van der Waals surface area contributed by atoms with Crippen LogP contribution in [0.5, 0.6) is 0 Å². The molecule has 0 saturated heterocycles. The molecule has 0 saturated carbocycles. The monoisotopic (exact) mass is 239 g/mol. The molecule has 1 aromatic heterocycles. The summed E-state index contributed by atoms with van der Waals surface area (Å²) in [5, 5.41) is 7.96. The second kappa shape index (κ2) is 4.22. The van der Waals surface area contributed by atoms with Crippen LogP contribution in [-0.2, 0) is 0 Å². The van der Waals surface area contributed by atoms with E-state index in [9.17, 15) is 4.39 Å². The highest BCUT2D eigenvalue weighted by atomic mass is 35.5. The zero-order chi connectivity index (χ0) is 11.7. The Morgan fingerprint density at radius 3 is 2.69 bits per heavy atom. The van der Waals surface area contributed by atoms with Crippen molar-refractivity contribution >= 4 is 11.6 Å². The van der Waals surface area contributed by atoms with Gasteiger partial charge in [0.1, 0.15) is 11.6 Å². The average molecular weight is 240 g/mol. The lowest BCUT2D eigenvalue weighted by Gasteiger charge is -2.15. The van der Waals surface area contributed by atoms with Crippen molar-refractivity contribution in [3.05, 3.63) is 46.8 Å². The van der Waals surface area contributed by atoms with E-state index < -0.39 is 0 Å². The molecular weight excluding hydrogens is 229 g/mol. The summed E-state index contributed by atoms with van der Waals surface area (Å²) in [6.07, 6.45) is 0. The highest BCUT2D eigenvalue weighted by Gasteiger charge is 2.15. The largest absolute Gasteiger partial charge is 0.295 e. The molecule has 0 aliphatic carbocycles. The number of benzene rings is 1. The molecule has 0 fully saturated rings. The van der Waals surface area contributed by atoms with Gasteiger partial charge in [0.15, 0.2) is 0 Å². The lowest BCUT2D eigenvalue weighted by molar-refractivity contribution is 0.595. The average Bonchev–Trinajstić information content (AvgIpc) is 2.58. The Balaban J connectivity index is 2.43. The van der Waals surface area contributed by atoms with Crippen LogP contribution in [0.2, 0.25) is 5.28 Å². The number of rotatable bonds is 2. The van der Waals surface area contributed by atoms with Crippen molar-refractivity contribution in [3.8, 4) is 0 Å². The molecular formula is C11H11ClFN3. The first kappa shape index (κ1) is 11.1. The molecule has 0 radical (unpaired) electrons. The third kappa shape index (κ3) is 1.93. The first-order valence-corrected chi connectivity index (χ1v) is 5.30. The van der Waals surface area contributed by atoms with Gasteiger partial charge in [-0.2, -0.15) is 0 Å². The van der Waals surface area contributed by atoms with E-state index in [2.05, 4.69) is 10.2 Å². The van der Waals surface area contributed by atoms with Crippen LogP contribution in [0.15, 0.2) is 24.3 Å². The van der Waals surface area contributed by atoms with Gasteiger partial charge in [-0.15, -0.1) is 10.2 Å². The summed E-state index contributed by atoms with van der Waals surface area (Å²) in [4.78, 5) is 0. The van der Waals surface area contributed by atoms with Crippen molar-refractivity contribution in [2.24, 2.45) is 0 Å². The van der Waals surface area contributed by atoms with Gasteiger partial charge in [-0.3, -0.25) is 4.57 Å². The van der Waals surface area contributed by atoms with Gasteiger partial charge in [-0.05, 0) is 43.1 Å². The number of hydrogen-bond acceptors (Lipinski definition) is 2. The minimum atomic E-state index is -0.258. The maximum Gasteiger partial charge on any atom is 0.225 e. The standard InChI is InChI=1S/C11H11ClFN3/c1-7(9-4-3-5-10(13)6-9)16-8(2)14-15-11(16)12/h3-7H,1-2H3. The number of nitrogens with zero attached hydrogens (tertiary/aromatic N) is 3. The van der Waals surface area contributed by atoms with Crippen molar-refractivity contribution in [1.82, 2.24) is 14.8 Å². The second-order valence-electron chi connectivity index (χ2n) is 3.62. The fourth-order valence-electron chi connectivity index (χ4n) is 1.70. The minimum absolute atomic E-state index is 0.0850. The lowest BCUT2D eigenvalue weighted by Crippen LogP contribution is -2.09. The normalized spacial score (nSPS) is 12.8. The molecule has 2 rings (SSSR count). The summed E-state index contributed by atoms with van der Waals surface area (Å²) in [6, 6.07) is 6.34. The van der Waals surface area contributed by atoms with E-state index in [0.717, 1.165) is 5.56 Å². The number of aromatic nitrogens is 3. The number of hydrogen-bond donors (Lipinski definition) is 0. The molecule has 0 spiro atoms. The van der Waals surface area contributed by atoms with Crippen LogP contribution in [0, 0.1) is 12.7 Å². The number of aryl methyl sites for hydroxylation is 1. The summed E-state index contributed by atoms with van der Waals surface area (Å²) < 4.78 is 14.9. The topological polar surface area (TPSA) is 30.7 Å². The highest BCUT2D eigenvalue weighted by molar-refractivity contribution is 6.28. The maximum absolute atomic E-state index is 13.1. The molecule has 1 heterocycles. The Hall–Kier alpha value is -1.42. The van der Waals surface area contributed by atoms with Crippen molar-refractivity contribution in [1.29, 1.82) is 0 Å². The van der Waals surface area contributed by atoms with Gasteiger partial charge < -0.3 is 0 Å². The van der Waals surface area contributed by atoms with E-state index in [4.69, 9.17) is 11.6 Å². The van der Waals surface area contributed by atoms with Crippen LogP contribution in [-0.4, -0.2) is 14.8 Å². The fourth-order valence-corrected chi connectivity index (χ4v) is 2.01. The summed E-state index contributed by atoms with van der Waals surface area (Å²) in [7, 11) is 0. The lowest BCUT2D eigenvalue weighted by atomic mass is 10.1. The molecule has 1 unspecified atom stereocenters. The van der Waals surface area contributed by atoms with Crippen molar-refractivity contribution in [3.63, 3.8) is 0 Å². The molecule has 0 aliphatic rings. The van der Waals surface area contributed by atoms with E-state index in [1.54, 1.807) is 10.6 Å². The van der Waals surface area contributed by atoms with Crippen molar-refractivity contribution in [2.75, 3.05) is 0 Å². The molecule has 1 aromatic carbocycles. The summed E-state index contributed by atoms with van der Waals surface area (Å²) in [5.41, 5.74) is 0.838. The molecule has 16 heavy (non-hydrogen) atoms. The zero-order valence-corrected chi connectivity index (χ0v) is 9.74. The molecule has 1 atom stereocenters. The summed E-state index contributed by atoms with van der Waals surface area (Å²) >= 11 is 5.93. The van der Waals surface area contributed by atoms with Crippen molar-refractivity contribution < 1.29 is 4.39 Å². The maximum atomic E-state index is 13.1. The second-order valence-corrected chi connectivity index (χ2v) is 3.96.